The number of hydrogen-bond acceptors (Lipinski definition) is 2. The number of nitrogens with two attached hydrogens (primary N) is 1. The molecule has 0 aromatic heterocycles. The molecule has 1 aromatic carbocycles. The summed E-state index contributed by atoms with van der Waals surface area (Å²) in [6.45, 7) is 10.3. The summed E-state index contributed by atoms with van der Waals surface area (Å²) in [4.78, 5) is 2.64. The van der Waals surface area contributed by atoms with Crippen molar-refractivity contribution in [3.63, 3.8) is 0 Å². The van der Waals surface area contributed by atoms with Crippen LogP contribution in [0, 0.1) is 11.8 Å². The summed E-state index contributed by atoms with van der Waals surface area (Å²) in [5, 5.41) is 0. The first kappa shape index (κ1) is 16.5. The number of likely N-dealkylation sites (tertiary alicyclic amines) is 1. The lowest BCUT2D eigenvalue weighted by Crippen LogP contribution is -2.46. The van der Waals surface area contributed by atoms with Gasteiger partial charge in [0.15, 0.2) is 0 Å². The lowest BCUT2D eigenvalue weighted by Gasteiger charge is -2.39. The summed E-state index contributed by atoms with van der Waals surface area (Å²) in [5.41, 5.74) is 7.52. The maximum atomic E-state index is 6.08. The first-order chi connectivity index (χ1) is 10.1. The van der Waals surface area contributed by atoms with Gasteiger partial charge in [0.25, 0.3) is 0 Å². The molecule has 2 unspecified atom stereocenters. The van der Waals surface area contributed by atoms with Crippen LogP contribution in [-0.2, 0) is 0 Å². The molecule has 2 nitrogen and oxygen atoms in total. The van der Waals surface area contributed by atoms with Gasteiger partial charge in [0.05, 0.1) is 0 Å². The van der Waals surface area contributed by atoms with Crippen LogP contribution < -0.4 is 5.73 Å². The van der Waals surface area contributed by atoms with Crippen molar-refractivity contribution in [3.05, 3.63) is 35.9 Å². The lowest BCUT2D eigenvalue weighted by atomic mass is 9.85. The molecule has 1 aromatic rings. The minimum absolute atomic E-state index is 0.535. The van der Waals surface area contributed by atoms with Gasteiger partial charge in [0, 0.05) is 12.6 Å². The Bertz CT molecular complexity index is 393. The molecule has 1 aliphatic heterocycles. The first-order valence-electron chi connectivity index (χ1n) is 8.60. The third-order valence-electron chi connectivity index (χ3n) is 5.30. The van der Waals surface area contributed by atoms with Crippen LogP contribution in [-0.4, -0.2) is 30.6 Å². The molecule has 0 aliphatic carbocycles. The number of benzene rings is 1. The van der Waals surface area contributed by atoms with E-state index in [0.717, 1.165) is 18.4 Å². The van der Waals surface area contributed by atoms with E-state index in [-0.39, 0.29) is 0 Å². The minimum Gasteiger partial charge on any atom is -0.329 e. The van der Waals surface area contributed by atoms with Crippen molar-refractivity contribution in [1.29, 1.82) is 0 Å². The summed E-state index contributed by atoms with van der Waals surface area (Å²) in [5.74, 6) is 2.32. The fourth-order valence-corrected chi connectivity index (χ4v) is 3.67. The largest absolute Gasteiger partial charge is 0.329 e. The standard InChI is InChI=1S/C19H32N2/c1-15(2)17-9-11-21(12-10-17)19(14-20)13-16(3)18-7-5-4-6-8-18/h4-8,15-17,19H,9-14,20H2,1-3H3. The van der Waals surface area contributed by atoms with E-state index >= 15 is 0 Å². The molecule has 2 atom stereocenters. The molecule has 0 saturated carbocycles. The molecular weight excluding hydrogens is 256 g/mol. The average molecular weight is 288 g/mol. The van der Waals surface area contributed by atoms with Gasteiger partial charge in [-0.1, -0.05) is 51.1 Å². The smallest absolute Gasteiger partial charge is 0.0224 e. The minimum atomic E-state index is 0.535. The van der Waals surface area contributed by atoms with E-state index in [1.165, 1.54) is 37.9 Å². The quantitative estimate of drug-likeness (QED) is 0.861. The van der Waals surface area contributed by atoms with Crippen LogP contribution in [0.3, 0.4) is 0 Å². The topological polar surface area (TPSA) is 29.3 Å². The highest BCUT2D eigenvalue weighted by Crippen LogP contribution is 2.28. The molecule has 0 amide bonds. The first-order valence-corrected chi connectivity index (χ1v) is 8.60. The predicted octanol–water partition coefficient (Wildman–Crippen LogP) is 3.88. The molecule has 1 heterocycles. The Balaban J connectivity index is 1.89. The van der Waals surface area contributed by atoms with Gasteiger partial charge in [-0.3, -0.25) is 4.90 Å². The fourth-order valence-electron chi connectivity index (χ4n) is 3.67. The monoisotopic (exact) mass is 288 g/mol. The maximum absolute atomic E-state index is 6.08. The molecule has 0 radical (unpaired) electrons. The van der Waals surface area contributed by atoms with Gasteiger partial charge >= 0.3 is 0 Å². The van der Waals surface area contributed by atoms with Gasteiger partial charge in [-0.05, 0) is 55.7 Å². The highest BCUT2D eigenvalue weighted by molar-refractivity contribution is 5.19. The van der Waals surface area contributed by atoms with Crippen molar-refractivity contribution in [2.24, 2.45) is 17.6 Å². The molecule has 0 bridgehead atoms. The number of hydrogen-bond donors (Lipinski definition) is 1. The number of rotatable bonds is 6. The van der Waals surface area contributed by atoms with Crippen LogP contribution in [0.25, 0.3) is 0 Å². The van der Waals surface area contributed by atoms with Gasteiger partial charge in [0.2, 0.25) is 0 Å². The van der Waals surface area contributed by atoms with Crippen molar-refractivity contribution in [3.8, 4) is 0 Å². The Kier molecular flexibility index (Phi) is 6.25. The van der Waals surface area contributed by atoms with Crippen molar-refractivity contribution >= 4 is 0 Å². The Hall–Kier alpha value is -0.860. The zero-order chi connectivity index (χ0) is 15.2. The molecule has 0 spiro atoms. The van der Waals surface area contributed by atoms with Crippen LogP contribution in [0.5, 0.6) is 0 Å². The molecule has 2 N–H and O–H groups in total. The molecule has 1 fully saturated rings. The summed E-state index contributed by atoms with van der Waals surface area (Å²) in [6.07, 6.45) is 3.86. The SMILES string of the molecule is CC(CC(CN)N1CCC(C(C)C)CC1)c1ccccc1. The third-order valence-corrected chi connectivity index (χ3v) is 5.30. The zero-order valence-corrected chi connectivity index (χ0v) is 14.0. The Morgan fingerprint density at radius 1 is 1.10 bits per heavy atom. The van der Waals surface area contributed by atoms with Gasteiger partial charge < -0.3 is 5.73 Å². The van der Waals surface area contributed by atoms with Crippen molar-refractivity contribution in [2.75, 3.05) is 19.6 Å². The van der Waals surface area contributed by atoms with E-state index in [4.69, 9.17) is 5.73 Å². The van der Waals surface area contributed by atoms with Crippen molar-refractivity contribution in [1.82, 2.24) is 4.90 Å². The van der Waals surface area contributed by atoms with Crippen LogP contribution >= 0.6 is 0 Å². The normalized spacial score (nSPS) is 20.6. The molecule has 21 heavy (non-hydrogen) atoms. The predicted molar refractivity (Wildman–Crippen MR) is 91.5 cm³/mol. The number of nitrogens with zero attached hydrogens (tertiary/aromatic N) is 1. The van der Waals surface area contributed by atoms with Gasteiger partial charge in [0.1, 0.15) is 0 Å². The highest BCUT2D eigenvalue weighted by atomic mass is 15.2. The molecule has 2 heteroatoms. The average Bonchev–Trinajstić information content (AvgIpc) is 2.53. The van der Waals surface area contributed by atoms with Gasteiger partial charge in [-0.15, -0.1) is 0 Å². The number of piperidine rings is 1. The molecule has 2 rings (SSSR count). The maximum Gasteiger partial charge on any atom is 0.0224 e. The van der Waals surface area contributed by atoms with Gasteiger partial charge in [-0.2, -0.15) is 0 Å². The second-order valence-corrected chi connectivity index (χ2v) is 7.05. The summed E-state index contributed by atoms with van der Waals surface area (Å²) >= 11 is 0. The van der Waals surface area contributed by atoms with Crippen LogP contribution in [0.4, 0.5) is 0 Å². The van der Waals surface area contributed by atoms with Crippen molar-refractivity contribution < 1.29 is 0 Å². The summed E-state index contributed by atoms with van der Waals surface area (Å²) < 4.78 is 0. The highest BCUT2D eigenvalue weighted by Gasteiger charge is 2.26. The second-order valence-electron chi connectivity index (χ2n) is 7.05. The molecule has 118 valence electrons. The van der Waals surface area contributed by atoms with Crippen LogP contribution in [0.15, 0.2) is 30.3 Å². The molecule has 1 aliphatic rings. The van der Waals surface area contributed by atoms with E-state index in [1.807, 2.05) is 0 Å². The lowest BCUT2D eigenvalue weighted by molar-refractivity contribution is 0.110. The van der Waals surface area contributed by atoms with E-state index < -0.39 is 0 Å². The van der Waals surface area contributed by atoms with Crippen LogP contribution in [0.1, 0.15) is 51.5 Å². The Labute approximate surface area is 130 Å². The van der Waals surface area contributed by atoms with E-state index in [9.17, 15) is 0 Å². The second kappa shape index (κ2) is 7.95. The molecule has 1 saturated heterocycles. The third kappa shape index (κ3) is 4.55. The van der Waals surface area contributed by atoms with Gasteiger partial charge in [-0.25, -0.2) is 0 Å². The van der Waals surface area contributed by atoms with Crippen LogP contribution in [0.2, 0.25) is 0 Å². The zero-order valence-electron chi connectivity index (χ0n) is 14.0. The summed E-state index contributed by atoms with van der Waals surface area (Å²) in [6, 6.07) is 11.4. The van der Waals surface area contributed by atoms with Crippen molar-refractivity contribution in [2.45, 2.75) is 52.0 Å². The van der Waals surface area contributed by atoms with E-state index in [2.05, 4.69) is 56.0 Å². The van der Waals surface area contributed by atoms with E-state index in [0.29, 0.717) is 12.0 Å². The fraction of sp³-hybridized carbons (Fsp3) is 0.684. The molecular formula is C19H32N2. The summed E-state index contributed by atoms with van der Waals surface area (Å²) in [7, 11) is 0. The Morgan fingerprint density at radius 3 is 2.24 bits per heavy atom. The Morgan fingerprint density at radius 2 is 1.71 bits per heavy atom. The van der Waals surface area contributed by atoms with E-state index in [1.54, 1.807) is 0 Å².